The molecule has 4 atom stereocenters. The third kappa shape index (κ3) is 4.73. The van der Waals surface area contributed by atoms with Gasteiger partial charge in [0.1, 0.15) is 0 Å². The van der Waals surface area contributed by atoms with Crippen LogP contribution in [0.2, 0.25) is 0 Å². The van der Waals surface area contributed by atoms with E-state index in [2.05, 4.69) is 29.4 Å². The molecule has 0 aromatic heterocycles. The van der Waals surface area contributed by atoms with Crippen molar-refractivity contribution < 1.29 is 9.90 Å². The molecule has 5 nitrogen and oxygen atoms in total. The Morgan fingerprint density at radius 3 is 2.72 bits per heavy atom. The average molecular weight is 345 g/mol. The van der Waals surface area contributed by atoms with Crippen LogP contribution in [0.5, 0.6) is 0 Å². The first-order chi connectivity index (χ1) is 12.0. The Balaban J connectivity index is 1.39. The molecule has 0 bridgehead atoms. The second kappa shape index (κ2) is 8.19. The lowest BCUT2D eigenvalue weighted by Gasteiger charge is -2.34. The Kier molecular flexibility index (Phi) is 5.97. The number of piperidine rings is 1. The van der Waals surface area contributed by atoms with Crippen molar-refractivity contribution in [1.29, 1.82) is 0 Å². The summed E-state index contributed by atoms with van der Waals surface area (Å²) >= 11 is 0. The number of aliphatic hydroxyl groups excluding tert-OH is 1. The number of nitrogens with one attached hydrogen (secondary N) is 2. The summed E-state index contributed by atoms with van der Waals surface area (Å²) in [4.78, 5) is 14.7. The fourth-order valence-corrected chi connectivity index (χ4v) is 4.42. The second-order valence-electron chi connectivity index (χ2n) is 7.91. The monoisotopic (exact) mass is 345 g/mol. The highest BCUT2D eigenvalue weighted by Gasteiger charge is 2.31. The molecule has 1 aromatic rings. The summed E-state index contributed by atoms with van der Waals surface area (Å²) in [6.45, 7) is 8.67. The first-order valence-electron chi connectivity index (χ1n) is 9.55. The van der Waals surface area contributed by atoms with Gasteiger partial charge in [-0.25, -0.2) is 4.79 Å². The fraction of sp³-hybridized carbons (Fsp3) is 0.650. The predicted molar refractivity (Wildman–Crippen MR) is 99.4 cm³/mol. The summed E-state index contributed by atoms with van der Waals surface area (Å²) in [5, 5.41) is 16.1. The summed E-state index contributed by atoms with van der Waals surface area (Å²) in [6, 6.07) is 7.41. The van der Waals surface area contributed by atoms with Crippen LogP contribution >= 0.6 is 0 Å². The van der Waals surface area contributed by atoms with Gasteiger partial charge in [-0.15, -0.1) is 0 Å². The van der Waals surface area contributed by atoms with E-state index in [9.17, 15) is 9.90 Å². The van der Waals surface area contributed by atoms with E-state index >= 15 is 0 Å². The maximum Gasteiger partial charge on any atom is 0.315 e. The summed E-state index contributed by atoms with van der Waals surface area (Å²) in [5.74, 6) is 1.54. The van der Waals surface area contributed by atoms with Crippen LogP contribution in [-0.2, 0) is 6.42 Å². The third-order valence-corrected chi connectivity index (χ3v) is 5.37. The van der Waals surface area contributed by atoms with E-state index in [1.807, 2.05) is 24.3 Å². The van der Waals surface area contributed by atoms with Crippen molar-refractivity contribution in [3.63, 3.8) is 0 Å². The SMILES string of the molecule is CC1CC(C)CN(CCCNC(=O)N[C@@H]2c3ccccc3C[C@@H]2O)C1. The fourth-order valence-electron chi connectivity index (χ4n) is 4.42. The molecular weight excluding hydrogens is 314 g/mol. The molecule has 5 heteroatoms. The number of urea groups is 1. The van der Waals surface area contributed by atoms with Crippen LogP contribution < -0.4 is 10.6 Å². The summed E-state index contributed by atoms with van der Waals surface area (Å²) in [6.07, 6.45) is 2.34. The van der Waals surface area contributed by atoms with Gasteiger partial charge in [0.15, 0.2) is 0 Å². The van der Waals surface area contributed by atoms with Gasteiger partial charge in [0, 0.05) is 26.1 Å². The first kappa shape index (κ1) is 18.2. The van der Waals surface area contributed by atoms with E-state index in [-0.39, 0.29) is 12.1 Å². The number of carbonyl (C=O) groups is 1. The zero-order valence-electron chi connectivity index (χ0n) is 15.4. The second-order valence-corrected chi connectivity index (χ2v) is 7.91. The lowest BCUT2D eigenvalue weighted by molar-refractivity contribution is 0.138. The van der Waals surface area contributed by atoms with Gasteiger partial charge in [-0.3, -0.25) is 0 Å². The molecule has 2 aliphatic rings. The molecule has 0 radical (unpaired) electrons. The van der Waals surface area contributed by atoms with Crippen molar-refractivity contribution >= 4 is 6.03 Å². The molecule has 1 fully saturated rings. The molecule has 1 saturated heterocycles. The molecule has 0 spiro atoms. The van der Waals surface area contributed by atoms with Crippen LogP contribution in [0.3, 0.4) is 0 Å². The minimum atomic E-state index is -0.542. The van der Waals surface area contributed by atoms with Crippen molar-refractivity contribution in [2.75, 3.05) is 26.2 Å². The zero-order valence-corrected chi connectivity index (χ0v) is 15.4. The van der Waals surface area contributed by atoms with Gasteiger partial charge in [0.25, 0.3) is 0 Å². The minimum Gasteiger partial charge on any atom is -0.390 e. The van der Waals surface area contributed by atoms with Crippen molar-refractivity contribution in [2.24, 2.45) is 11.8 Å². The molecule has 25 heavy (non-hydrogen) atoms. The summed E-state index contributed by atoms with van der Waals surface area (Å²) < 4.78 is 0. The normalized spacial score (nSPS) is 29.2. The number of benzene rings is 1. The number of hydrogen-bond donors (Lipinski definition) is 3. The van der Waals surface area contributed by atoms with Gasteiger partial charge < -0.3 is 20.6 Å². The van der Waals surface area contributed by atoms with E-state index in [1.54, 1.807) is 0 Å². The van der Waals surface area contributed by atoms with Gasteiger partial charge in [-0.2, -0.15) is 0 Å². The van der Waals surface area contributed by atoms with Crippen LogP contribution in [0.15, 0.2) is 24.3 Å². The Morgan fingerprint density at radius 2 is 1.96 bits per heavy atom. The van der Waals surface area contributed by atoms with Crippen molar-refractivity contribution in [2.45, 2.75) is 45.3 Å². The molecule has 0 saturated carbocycles. The molecule has 138 valence electrons. The molecule has 1 aliphatic carbocycles. The Morgan fingerprint density at radius 1 is 1.24 bits per heavy atom. The molecule has 2 amide bonds. The minimum absolute atomic E-state index is 0.193. The van der Waals surface area contributed by atoms with Crippen LogP contribution in [0, 0.1) is 11.8 Å². The highest BCUT2D eigenvalue weighted by atomic mass is 16.3. The maximum atomic E-state index is 12.2. The molecular formula is C20H31N3O2. The predicted octanol–water partition coefficient (Wildman–Crippen LogP) is 2.31. The number of amides is 2. The molecule has 1 aliphatic heterocycles. The Labute approximate surface area is 150 Å². The maximum absolute atomic E-state index is 12.2. The largest absolute Gasteiger partial charge is 0.390 e. The number of hydrogen-bond acceptors (Lipinski definition) is 3. The van der Waals surface area contributed by atoms with Crippen molar-refractivity contribution in [3.8, 4) is 0 Å². The van der Waals surface area contributed by atoms with Gasteiger partial charge in [0.05, 0.1) is 12.1 Å². The van der Waals surface area contributed by atoms with Gasteiger partial charge in [0.2, 0.25) is 0 Å². The van der Waals surface area contributed by atoms with Crippen LogP contribution in [0.4, 0.5) is 4.79 Å². The summed E-state index contributed by atoms with van der Waals surface area (Å²) in [5.41, 5.74) is 2.15. The van der Waals surface area contributed by atoms with Gasteiger partial charge in [-0.1, -0.05) is 38.1 Å². The average Bonchev–Trinajstić information content (AvgIpc) is 2.87. The van der Waals surface area contributed by atoms with Gasteiger partial charge >= 0.3 is 6.03 Å². The standard InChI is InChI=1S/C20H31N3O2/c1-14-10-15(2)13-23(12-14)9-5-8-21-20(25)22-19-17-7-4-3-6-16(17)11-18(19)24/h3-4,6-7,14-15,18-19,24H,5,8-13H2,1-2H3,(H2,21,22,25)/t14?,15?,18-,19+/m0/s1. The van der Waals surface area contributed by atoms with E-state index in [4.69, 9.17) is 0 Å². The molecule has 3 rings (SSSR count). The Hall–Kier alpha value is -1.59. The third-order valence-electron chi connectivity index (χ3n) is 5.37. The van der Waals surface area contributed by atoms with E-state index < -0.39 is 6.10 Å². The van der Waals surface area contributed by atoms with E-state index in [0.717, 1.165) is 35.9 Å². The van der Waals surface area contributed by atoms with Crippen molar-refractivity contribution in [1.82, 2.24) is 15.5 Å². The lowest BCUT2D eigenvalue weighted by atomic mass is 9.92. The number of carbonyl (C=O) groups excluding carboxylic acids is 1. The number of likely N-dealkylation sites (tertiary alicyclic amines) is 1. The highest BCUT2D eigenvalue weighted by Crippen LogP contribution is 2.31. The van der Waals surface area contributed by atoms with E-state index in [1.165, 1.54) is 19.5 Å². The molecule has 2 unspecified atom stereocenters. The number of nitrogens with zero attached hydrogens (tertiary/aromatic N) is 1. The topological polar surface area (TPSA) is 64.6 Å². The highest BCUT2D eigenvalue weighted by molar-refractivity contribution is 5.74. The van der Waals surface area contributed by atoms with Crippen LogP contribution in [0.1, 0.15) is 43.9 Å². The zero-order chi connectivity index (χ0) is 17.8. The van der Waals surface area contributed by atoms with Crippen LogP contribution in [-0.4, -0.2) is 48.3 Å². The van der Waals surface area contributed by atoms with Gasteiger partial charge in [-0.05, 0) is 42.3 Å². The Bertz CT molecular complexity index is 582. The lowest BCUT2D eigenvalue weighted by Crippen LogP contribution is -2.43. The number of fused-ring (bicyclic) bond motifs is 1. The van der Waals surface area contributed by atoms with E-state index in [0.29, 0.717) is 13.0 Å². The number of rotatable bonds is 5. The quantitative estimate of drug-likeness (QED) is 0.718. The molecule has 1 aromatic carbocycles. The number of aliphatic hydroxyl groups is 1. The summed E-state index contributed by atoms with van der Waals surface area (Å²) in [7, 11) is 0. The molecule has 1 heterocycles. The molecule has 3 N–H and O–H groups in total. The van der Waals surface area contributed by atoms with Crippen molar-refractivity contribution in [3.05, 3.63) is 35.4 Å². The smallest absolute Gasteiger partial charge is 0.315 e. The first-order valence-corrected chi connectivity index (χ1v) is 9.55. The van der Waals surface area contributed by atoms with Crippen LogP contribution in [0.25, 0.3) is 0 Å².